The largest absolute Gasteiger partial charge is 0.381 e. The van der Waals surface area contributed by atoms with Crippen LogP contribution in [0.15, 0.2) is 30.3 Å². The molecule has 0 radical (unpaired) electrons. The third-order valence-corrected chi connectivity index (χ3v) is 5.26. The smallest absolute Gasteiger partial charge is 0.272 e. The molecule has 1 aromatic heterocycles. The lowest BCUT2D eigenvalue weighted by molar-refractivity contribution is -0.00335. The molecule has 1 amide bonds. The fraction of sp³-hybridized carbons (Fsp3) is 0.524. The van der Waals surface area contributed by atoms with Gasteiger partial charge in [-0.05, 0) is 45.2 Å². The molecule has 140 valence electrons. The fourth-order valence-electron chi connectivity index (χ4n) is 3.96. The predicted molar refractivity (Wildman–Crippen MR) is 102 cm³/mol. The number of piperidine rings is 1. The quantitative estimate of drug-likeness (QED) is 0.827. The number of likely N-dealkylation sites (tertiary alicyclic amines) is 1. The molecular formula is C21H29N3O2. The number of methoxy groups -OCH3 is 1. The van der Waals surface area contributed by atoms with E-state index in [1.54, 1.807) is 11.8 Å². The summed E-state index contributed by atoms with van der Waals surface area (Å²) < 4.78 is 7.53. The minimum Gasteiger partial charge on any atom is -0.381 e. The van der Waals surface area contributed by atoms with E-state index in [0.29, 0.717) is 18.2 Å². The van der Waals surface area contributed by atoms with E-state index in [1.165, 1.54) is 11.1 Å². The van der Waals surface area contributed by atoms with Crippen LogP contribution in [0, 0.1) is 19.8 Å². The van der Waals surface area contributed by atoms with Crippen molar-refractivity contribution in [3.8, 4) is 0 Å². The maximum atomic E-state index is 13.1. The highest BCUT2D eigenvalue weighted by molar-refractivity contribution is 5.92. The van der Waals surface area contributed by atoms with Gasteiger partial charge < -0.3 is 9.64 Å². The Hall–Kier alpha value is -2.14. The molecule has 0 bridgehead atoms. The first-order valence-corrected chi connectivity index (χ1v) is 9.44. The summed E-state index contributed by atoms with van der Waals surface area (Å²) in [6.07, 6.45) is 1.99. The third kappa shape index (κ3) is 3.98. The Labute approximate surface area is 156 Å². The second-order valence-electron chi connectivity index (χ2n) is 7.25. The van der Waals surface area contributed by atoms with E-state index in [0.717, 1.165) is 31.6 Å². The first-order chi connectivity index (χ1) is 12.5. The molecule has 0 spiro atoms. The van der Waals surface area contributed by atoms with Crippen molar-refractivity contribution in [1.29, 1.82) is 0 Å². The highest BCUT2D eigenvalue weighted by Crippen LogP contribution is 2.25. The van der Waals surface area contributed by atoms with Crippen molar-refractivity contribution in [2.45, 2.75) is 46.3 Å². The van der Waals surface area contributed by atoms with Crippen LogP contribution in [-0.4, -0.2) is 46.9 Å². The highest BCUT2D eigenvalue weighted by atomic mass is 16.5. The molecule has 1 fully saturated rings. The molecule has 0 unspecified atom stereocenters. The first-order valence-electron chi connectivity index (χ1n) is 9.44. The molecule has 0 N–H and O–H groups in total. The van der Waals surface area contributed by atoms with E-state index < -0.39 is 0 Å². The zero-order chi connectivity index (χ0) is 18.7. The summed E-state index contributed by atoms with van der Waals surface area (Å²) in [6, 6.07) is 10.5. The molecule has 3 rings (SSSR count). The zero-order valence-corrected chi connectivity index (χ0v) is 16.2. The Morgan fingerprint density at radius 3 is 2.81 bits per heavy atom. The number of hydrogen-bond donors (Lipinski definition) is 0. The number of ether oxygens (including phenoxy) is 1. The average molecular weight is 355 g/mol. The number of nitrogens with zero attached hydrogens (tertiary/aromatic N) is 3. The predicted octanol–water partition coefficient (Wildman–Crippen LogP) is 3.24. The maximum Gasteiger partial charge on any atom is 0.272 e. The average Bonchev–Trinajstić information content (AvgIpc) is 3.02. The summed E-state index contributed by atoms with van der Waals surface area (Å²) in [5, 5.41) is 4.42. The lowest BCUT2D eigenvalue weighted by Gasteiger charge is -2.38. The van der Waals surface area contributed by atoms with Crippen LogP contribution in [0.5, 0.6) is 0 Å². The van der Waals surface area contributed by atoms with E-state index >= 15 is 0 Å². The number of amides is 1. The number of carbonyl (C=O) groups excluding carboxylic acids is 1. The van der Waals surface area contributed by atoms with Gasteiger partial charge in [-0.1, -0.05) is 29.8 Å². The van der Waals surface area contributed by atoms with Crippen molar-refractivity contribution in [2.24, 2.45) is 5.92 Å². The number of aryl methyl sites for hydroxylation is 3. The summed E-state index contributed by atoms with van der Waals surface area (Å²) in [6.45, 7) is 8.22. The number of hydrogen-bond acceptors (Lipinski definition) is 3. The van der Waals surface area contributed by atoms with Gasteiger partial charge >= 0.3 is 0 Å². The molecule has 0 aliphatic carbocycles. The number of carbonyl (C=O) groups is 1. The maximum absolute atomic E-state index is 13.1. The summed E-state index contributed by atoms with van der Waals surface area (Å²) in [5.74, 6) is 0.384. The van der Waals surface area contributed by atoms with Gasteiger partial charge in [0.25, 0.3) is 5.91 Å². The molecule has 5 heteroatoms. The van der Waals surface area contributed by atoms with Crippen LogP contribution in [0.3, 0.4) is 0 Å². The molecule has 2 aromatic rings. The monoisotopic (exact) mass is 355 g/mol. The van der Waals surface area contributed by atoms with E-state index in [2.05, 4.69) is 36.3 Å². The summed E-state index contributed by atoms with van der Waals surface area (Å²) >= 11 is 0. The lowest BCUT2D eigenvalue weighted by Crippen LogP contribution is -2.47. The van der Waals surface area contributed by atoms with Crippen LogP contribution in [0.1, 0.15) is 40.7 Å². The lowest BCUT2D eigenvalue weighted by atomic mass is 9.88. The summed E-state index contributed by atoms with van der Waals surface area (Å²) in [5.41, 5.74) is 4.15. The fourth-order valence-corrected chi connectivity index (χ4v) is 3.96. The molecule has 0 saturated carbocycles. The molecule has 1 aliphatic rings. The Bertz CT molecular complexity index is 768. The summed E-state index contributed by atoms with van der Waals surface area (Å²) in [4.78, 5) is 15.0. The van der Waals surface area contributed by atoms with Gasteiger partial charge in [-0.15, -0.1) is 0 Å². The van der Waals surface area contributed by atoms with Gasteiger partial charge in [-0.2, -0.15) is 5.10 Å². The van der Waals surface area contributed by atoms with Gasteiger partial charge in [0, 0.05) is 32.7 Å². The number of aromatic nitrogens is 2. The highest BCUT2D eigenvalue weighted by Gasteiger charge is 2.33. The van der Waals surface area contributed by atoms with Gasteiger partial charge in [-0.25, -0.2) is 0 Å². The van der Waals surface area contributed by atoms with Crippen molar-refractivity contribution in [1.82, 2.24) is 14.7 Å². The van der Waals surface area contributed by atoms with E-state index in [9.17, 15) is 4.79 Å². The molecule has 1 saturated heterocycles. The van der Waals surface area contributed by atoms with Crippen molar-refractivity contribution in [3.63, 3.8) is 0 Å². The molecule has 1 aliphatic heterocycles. The van der Waals surface area contributed by atoms with E-state index in [-0.39, 0.29) is 12.0 Å². The van der Waals surface area contributed by atoms with Crippen LogP contribution >= 0.6 is 0 Å². The Balaban J connectivity index is 1.76. The van der Waals surface area contributed by atoms with Crippen LogP contribution in [-0.2, 0) is 17.7 Å². The standard InChI is InChI=1S/C21H29N3O2/c1-5-24-19(12-16(3)22-24)21(25)23-10-9-20(26-4)18(14-23)13-17-8-6-7-15(2)11-17/h6-8,11-12,18,20H,5,9-10,13-14H2,1-4H3/t18-,20+/m1/s1. The molecule has 2 atom stereocenters. The normalized spacial score (nSPS) is 20.4. The third-order valence-electron chi connectivity index (χ3n) is 5.26. The van der Waals surface area contributed by atoms with Crippen molar-refractivity contribution in [3.05, 3.63) is 52.8 Å². The van der Waals surface area contributed by atoms with E-state index in [1.807, 2.05) is 24.8 Å². The second kappa shape index (κ2) is 8.04. The minimum atomic E-state index is 0.0799. The van der Waals surface area contributed by atoms with Crippen LogP contribution < -0.4 is 0 Å². The Morgan fingerprint density at radius 1 is 1.31 bits per heavy atom. The molecule has 2 heterocycles. The molecule has 1 aromatic carbocycles. The Kier molecular flexibility index (Phi) is 5.77. The van der Waals surface area contributed by atoms with Crippen LogP contribution in [0.2, 0.25) is 0 Å². The minimum absolute atomic E-state index is 0.0799. The second-order valence-corrected chi connectivity index (χ2v) is 7.25. The van der Waals surface area contributed by atoms with Gasteiger partial charge in [0.05, 0.1) is 11.8 Å². The van der Waals surface area contributed by atoms with Gasteiger partial charge in [0.1, 0.15) is 5.69 Å². The number of benzene rings is 1. The SMILES string of the molecule is CCn1nc(C)cc1C(=O)N1CC[C@H](OC)[C@H](Cc2cccc(C)c2)C1. The van der Waals surface area contributed by atoms with Crippen LogP contribution in [0.4, 0.5) is 0 Å². The Morgan fingerprint density at radius 2 is 2.12 bits per heavy atom. The summed E-state index contributed by atoms with van der Waals surface area (Å²) in [7, 11) is 1.78. The zero-order valence-electron chi connectivity index (χ0n) is 16.2. The van der Waals surface area contributed by atoms with Crippen molar-refractivity contribution < 1.29 is 9.53 Å². The van der Waals surface area contributed by atoms with Gasteiger partial charge in [0.2, 0.25) is 0 Å². The van der Waals surface area contributed by atoms with Crippen molar-refractivity contribution in [2.75, 3.05) is 20.2 Å². The van der Waals surface area contributed by atoms with Gasteiger partial charge in [0.15, 0.2) is 0 Å². The van der Waals surface area contributed by atoms with Gasteiger partial charge in [-0.3, -0.25) is 9.48 Å². The number of rotatable bonds is 5. The topological polar surface area (TPSA) is 47.4 Å². The van der Waals surface area contributed by atoms with Crippen molar-refractivity contribution >= 4 is 5.91 Å². The van der Waals surface area contributed by atoms with Crippen LogP contribution in [0.25, 0.3) is 0 Å². The first kappa shape index (κ1) is 18.6. The molecule has 5 nitrogen and oxygen atoms in total. The van der Waals surface area contributed by atoms with E-state index in [4.69, 9.17) is 4.74 Å². The molecule has 26 heavy (non-hydrogen) atoms. The molecular weight excluding hydrogens is 326 g/mol.